The second-order valence-electron chi connectivity index (χ2n) is 4.66. The lowest BCUT2D eigenvalue weighted by Crippen LogP contribution is -2.11. The number of halogens is 2. The number of hydrogen-bond acceptors (Lipinski definition) is 2. The van der Waals surface area contributed by atoms with E-state index in [0.717, 1.165) is 11.6 Å². The summed E-state index contributed by atoms with van der Waals surface area (Å²) in [5.74, 6) is -2.41. The lowest BCUT2D eigenvalue weighted by atomic mass is 10.0. The van der Waals surface area contributed by atoms with Gasteiger partial charge in [-0.25, -0.2) is 13.6 Å². The van der Waals surface area contributed by atoms with Crippen LogP contribution in [-0.4, -0.2) is 11.1 Å². The van der Waals surface area contributed by atoms with Crippen molar-refractivity contribution in [1.82, 2.24) is 0 Å². The Morgan fingerprint density at radius 1 is 1.19 bits per heavy atom. The predicted octanol–water partition coefficient (Wildman–Crippen LogP) is 4.23. The van der Waals surface area contributed by atoms with Crippen molar-refractivity contribution in [3.63, 3.8) is 0 Å². The van der Waals surface area contributed by atoms with Gasteiger partial charge in [0.1, 0.15) is 11.6 Å². The Hall–Kier alpha value is -2.43. The number of nitrogens with one attached hydrogen (secondary N) is 1. The van der Waals surface area contributed by atoms with Gasteiger partial charge in [-0.2, -0.15) is 0 Å². The molecular formula is C16H15F2NO2. The number of rotatable bonds is 5. The average molecular weight is 291 g/mol. The molecule has 0 aliphatic carbocycles. The third kappa shape index (κ3) is 3.56. The predicted molar refractivity (Wildman–Crippen MR) is 76.4 cm³/mol. The topological polar surface area (TPSA) is 49.3 Å². The zero-order valence-corrected chi connectivity index (χ0v) is 11.4. The summed E-state index contributed by atoms with van der Waals surface area (Å²) in [6.45, 7) is 1.95. The molecule has 2 aromatic carbocycles. The normalized spacial score (nSPS) is 12.0. The van der Waals surface area contributed by atoms with Crippen molar-refractivity contribution >= 4 is 11.7 Å². The Morgan fingerprint density at radius 3 is 2.43 bits per heavy atom. The second kappa shape index (κ2) is 6.35. The van der Waals surface area contributed by atoms with Gasteiger partial charge >= 0.3 is 5.97 Å². The van der Waals surface area contributed by atoms with Crippen molar-refractivity contribution in [3.8, 4) is 0 Å². The zero-order chi connectivity index (χ0) is 15.4. The number of benzene rings is 2. The van der Waals surface area contributed by atoms with Crippen LogP contribution in [0.3, 0.4) is 0 Å². The summed E-state index contributed by atoms with van der Waals surface area (Å²) < 4.78 is 26.3. The fraction of sp³-hybridized carbons (Fsp3) is 0.188. The van der Waals surface area contributed by atoms with Crippen molar-refractivity contribution in [3.05, 3.63) is 65.2 Å². The molecule has 2 aromatic rings. The second-order valence-corrected chi connectivity index (χ2v) is 4.66. The van der Waals surface area contributed by atoms with Gasteiger partial charge in [0.2, 0.25) is 0 Å². The van der Waals surface area contributed by atoms with Gasteiger partial charge in [0, 0.05) is 5.69 Å². The van der Waals surface area contributed by atoms with E-state index >= 15 is 0 Å². The maximum absolute atomic E-state index is 13.4. The molecule has 0 bridgehead atoms. The number of aromatic carboxylic acids is 1. The van der Waals surface area contributed by atoms with Gasteiger partial charge in [0.15, 0.2) is 0 Å². The van der Waals surface area contributed by atoms with E-state index in [1.54, 1.807) is 12.1 Å². The highest BCUT2D eigenvalue weighted by Gasteiger charge is 2.14. The lowest BCUT2D eigenvalue weighted by Gasteiger charge is -2.19. The van der Waals surface area contributed by atoms with Gasteiger partial charge in [-0.15, -0.1) is 0 Å². The minimum atomic E-state index is -1.31. The molecular weight excluding hydrogens is 276 g/mol. The maximum Gasteiger partial charge on any atom is 0.338 e. The molecule has 0 saturated heterocycles. The van der Waals surface area contributed by atoms with Gasteiger partial charge in [0.25, 0.3) is 0 Å². The van der Waals surface area contributed by atoms with Crippen molar-refractivity contribution in [1.29, 1.82) is 0 Å². The van der Waals surface area contributed by atoms with Crippen molar-refractivity contribution in [2.24, 2.45) is 0 Å². The highest BCUT2D eigenvalue weighted by Crippen LogP contribution is 2.24. The van der Waals surface area contributed by atoms with Gasteiger partial charge in [0.05, 0.1) is 11.6 Å². The van der Waals surface area contributed by atoms with Crippen LogP contribution in [0.5, 0.6) is 0 Å². The van der Waals surface area contributed by atoms with Crippen LogP contribution in [0, 0.1) is 11.6 Å². The summed E-state index contributed by atoms with van der Waals surface area (Å²) in [4.78, 5) is 10.9. The van der Waals surface area contributed by atoms with Gasteiger partial charge in [-0.05, 0) is 42.3 Å². The standard InChI is InChI=1S/C16H15F2NO2/c1-2-15(10-3-5-11(17)6-4-10)19-12-7-8-14(18)13(9-12)16(20)21/h3-9,15,19H,2H2,1H3,(H,20,21). The molecule has 0 heterocycles. The molecule has 0 saturated carbocycles. The van der Waals surface area contributed by atoms with Crippen LogP contribution in [0.25, 0.3) is 0 Å². The SMILES string of the molecule is CCC(Nc1ccc(F)c(C(=O)O)c1)c1ccc(F)cc1. The molecule has 5 heteroatoms. The first-order valence-electron chi connectivity index (χ1n) is 6.56. The molecule has 0 aliphatic rings. The number of anilines is 1. The maximum atomic E-state index is 13.4. The van der Waals surface area contributed by atoms with E-state index in [1.165, 1.54) is 24.3 Å². The number of hydrogen-bond donors (Lipinski definition) is 2. The van der Waals surface area contributed by atoms with Crippen LogP contribution >= 0.6 is 0 Å². The summed E-state index contributed by atoms with van der Waals surface area (Å²) >= 11 is 0. The Bertz CT molecular complexity index is 641. The van der Waals surface area contributed by atoms with Gasteiger partial charge in [-0.1, -0.05) is 19.1 Å². The Labute approximate surface area is 121 Å². The third-order valence-electron chi connectivity index (χ3n) is 3.22. The van der Waals surface area contributed by atoms with Crippen molar-refractivity contribution in [2.45, 2.75) is 19.4 Å². The smallest absolute Gasteiger partial charge is 0.338 e. The molecule has 0 aromatic heterocycles. The van der Waals surface area contributed by atoms with E-state index in [1.807, 2.05) is 6.92 Å². The molecule has 1 unspecified atom stereocenters. The summed E-state index contributed by atoms with van der Waals surface area (Å²) in [6.07, 6.45) is 0.714. The molecule has 1 atom stereocenters. The Balaban J connectivity index is 2.24. The van der Waals surface area contributed by atoms with Gasteiger partial charge in [-0.3, -0.25) is 0 Å². The van der Waals surface area contributed by atoms with Crippen LogP contribution in [0.2, 0.25) is 0 Å². The highest BCUT2D eigenvalue weighted by molar-refractivity contribution is 5.89. The third-order valence-corrected chi connectivity index (χ3v) is 3.22. The molecule has 110 valence electrons. The van der Waals surface area contributed by atoms with Gasteiger partial charge < -0.3 is 10.4 Å². The average Bonchev–Trinajstić information content (AvgIpc) is 2.47. The first-order chi connectivity index (χ1) is 10.0. The van der Waals surface area contributed by atoms with E-state index in [2.05, 4.69) is 5.32 Å². The van der Waals surface area contributed by atoms with E-state index in [0.29, 0.717) is 12.1 Å². The zero-order valence-electron chi connectivity index (χ0n) is 11.4. The molecule has 0 radical (unpaired) electrons. The minimum Gasteiger partial charge on any atom is -0.478 e. The summed E-state index contributed by atoms with van der Waals surface area (Å²) in [7, 11) is 0. The van der Waals surface area contributed by atoms with Crippen LogP contribution < -0.4 is 5.32 Å². The van der Waals surface area contributed by atoms with Crippen molar-refractivity contribution in [2.75, 3.05) is 5.32 Å². The first kappa shape index (κ1) is 15.0. The fourth-order valence-corrected chi connectivity index (χ4v) is 2.10. The minimum absolute atomic E-state index is 0.113. The molecule has 0 amide bonds. The van der Waals surface area contributed by atoms with E-state index in [4.69, 9.17) is 5.11 Å². The van der Waals surface area contributed by atoms with Crippen LogP contribution in [0.4, 0.5) is 14.5 Å². The molecule has 2 N–H and O–H groups in total. The van der Waals surface area contributed by atoms with E-state index < -0.39 is 11.8 Å². The molecule has 0 spiro atoms. The van der Waals surface area contributed by atoms with Crippen molar-refractivity contribution < 1.29 is 18.7 Å². The molecule has 0 aliphatic heterocycles. The van der Waals surface area contributed by atoms with Crippen LogP contribution in [0.15, 0.2) is 42.5 Å². The summed E-state index contributed by atoms with van der Waals surface area (Å²) in [5.41, 5.74) is 0.999. The number of carbonyl (C=O) groups is 1. The summed E-state index contributed by atoms with van der Waals surface area (Å²) in [5, 5.41) is 12.1. The largest absolute Gasteiger partial charge is 0.478 e. The molecule has 0 fully saturated rings. The quantitative estimate of drug-likeness (QED) is 0.867. The number of carboxylic acids is 1. The summed E-state index contributed by atoms with van der Waals surface area (Å²) in [6, 6.07) is 9.80. The van der Waals surface area contributed by atoms with E-state index in [9.17, 15) is 13.6 Å². The molecule has 3 nitrogen and oxygen atoms in total. The van der Waals surface area contributed by atoms with Crippen LogP contribution in [0.1, 0.15) is 35.3 Å². The Morgan fingerprint density at radius 2 is 1.86 bits per heavy atom. The highest BCUT2D eigenvalue weighted by atomic mass is 19.1. The molecule has 21 heavy (non-hydrogen) atoms. The monoisotopic (exact) mass is 291 g/mol. The fourth-order valence-electron chi connectivity index (χ4n) is 2.10. The van der Waals surface area contributed by atoms with Crippen LogP contribution in [-0.2, 0) is 0 Å². The first-order valence-corrected chi connectivity index (χ1v) is 6.56. The van der Waals surface area contributed by atoms with E-state index in [-0.39, 0.29) is 17.4 Å². The number of carboxylic acid groups (broad SMARTS) is 1. The molecule has 2 rings (SSSR count). The Kier molecular flexibility index (Phi) is 4.52. The lowest BCUT2D eigenvalue weighted by molar-refractivity contribution is 0.0692.